The smallest absolute Gasteiger partial charge is 0.243 e. The number of aromatic nitrogens is 2. The number of ether oxygens (including phenoxy) is 1. The summed E-state index contributed by atoms with van der Waals surface area (Å²) in [5.41, 5.74) is 0.872. The molecule has 0 bridgehead atoms. The molecule has 0 N–H and O–H groups in total. The molecule has 0 spiro atoms. The summed E-state index contributed by atoms with van der Waals surface area (Å²) < 4.78 is 34.5. The van der Waals surface area contributed by atoms with Crippen LogP contribution < -0.4 is 4.74 Å². The first-order chi connectivity index (χ1) is 13.8. The van der Waals surface area contributed by atoms with Gasteiger partial charge in [0.25, 0.3) is 0 Å². The number of imidazole rings is 1. The fourth-order valence-corrected chi connectivity index (χ4v) is 4.76. The highest BCUT2D eigenvalue weighted by Crippen LogP contribution is 2.24. The molecule has 0 radical (unpaired) electrons. The van der Waals surface area contributed by atoms with E-state index >= 15 is 0 Å². The molecule has 6 nitrogen and oxygen atoms in total. The molecule has 3 aromatic rings. The number of sulfonamides is 1. The van der Waals surface area contributed by atoms with Crippen LogP contribution >= 0.6 is 23.2 Å². The second-order valence-corrected chi connectivity index (χ2v) is 9.10. The topological polar surface area (TPSA) is 64.4 Å². The Bertz CT molecular complexity index is 1080. The molecular formula is C20H21Cl2N3O3S. The second-order valence-electron chi connectivity index (χ2n) is 6.31. The van der Waals surface area contributed by atoms with Gasteiger partial charge in [0.2, 0.25) is 10.0 Å². The second kappa shape index (κ2) is 9.17. The largest absolute Gasteiger partial charge is 0.497 e. The van der Waals surface area contributed by atoms with Crippen LogP contribution in [0.3, 0.4) is 0 Å². The number of rotatable bonds is 8. The number of halogens is 2. The van der Waals surface area contributed by atoms with Gasteiger partial charge in [-0.3, -0.25) is 0 Å². The van der Waals surface area contributed by atoms with Gasteiger partial charge in [-0.1, -0.05) is 36.2 Å². The van der Waals surface area contributed by atoms with Crippen LogP contribution in [-0.4, -0.2) is 35.9 Å². The normalized spacial score (nSPS) is 11.8. The maximum Gasteiger partial charge on any atom is 0.243 e. The lowest BCUT2D eigenvalue weighted by molar-refractivity contribution is 0.406. The van der Waals surface area contributed by atoms with Gasteiger partial charge in [-0.25, -0.2) is 13.4 Å². The van der Waals surface area contributed by atoms with Crippen molar-refractivity contribution >= 4 is 33.2 Å². The van der Waals surface area contributed by atoms with E-state index in [9.17, 15) is 8.42 Å². The summed E-state index contributed by atoms with van der Waals surface area (Å²) in [6.07, 6.45) is 3.45. The lowest BCUT2D eigenvalue weighted by Gasteiger charge is -2.21. The Kier molecular flexibility index (Phi) is 6.85. The first kappa shape index (κ1) is 21.6. The Morgan fingerprint density at radius 3 is 2.48 bits per heavy atom. The lowest BCUT2D eigenvalue weighted by atomic mass is 10.2. The molecule has 0 amide bonds. The van der Waals surface area contributed by atoms with Crippen LogP contribution in [-0.2, 0) is 23.1 Å². The van der Waals surface area contributed by atoms with Gasteiger partial charge in [0.15, 0.2) is 0 Å². The first-order valence-corrected chi connectivity index (χ1v) is 11.1. The summed E-state index contributed by atoms with van der Waals surface area (Å²) in [6.45, 7) is 2.71. The molecule has 0 aliphatic rings. The van der Waals surface area contributed by atoms with Crippen molar-refractivity contribution in [3.8, 4) is 5.75 Å². The maximum atomic E-state index is 13.1. The van der Waals surface area contributed by atoms with Gasteiger partial charge in [0.1, 0.15) is 11.6 Å². The fourth-order valence-electron chi connectivity index (χ4n) is 2.89. The van der Waals surface area contributed by atoms with E-state index in [2.05, 4.69) is 4.98 Å². The molecule has 2 aromatic carbocycles. The Morgan fingerprint density at radius 2 is 1.86 bits per heavy atom. The van der Waals surface area contributed by atoms with E-state index in [1.54, 1.807) is 43.6 Å². The zero-order chi connectivity index (χ0) is 21.0. The van der Waals surface area contributed by atoms with Crippen LogP contribution in [0.4, 0.5) is 0 Å². The maximum absolute atomic E-state index is 13.1. The van der Waals surface area contributed by atoms with Crippen molar-refractivity contribution in [1.29, 1.82) is 0 Å². The zero-order valence-electron chi connectivity index (χ0n) is 16.0. The van der Waals surface area contributed by atoms with Crippen LogP contribution in [0.25, 0.3) is 0 Å². The lowest BCUT2D eigenvalue weighted by Crippen LogP contribution is -2.31. The molecule has 29 heavy (non-hydrogen) atoms. The first-order valence-electron chi connectivity index (χ1n) is 8.93. The summed E-state index contributed by atoms with van der Waals surface area (Å²) in [7, 11) is -2.14. The third kappa shape index (κ3) is 4.93. The van der Waals surface area contributed by atoms with Gasteiger partial charge in [0.05, 0.1) is 25.1 Å². The molecule has 3 rings (SSSR count). The monoisotopic (exact) mass is 453 g/mol. The third-order valence-electron chi connectivity index (χ3n) is 4.53. The van der Waals surface area contributed by atoms with Crippen molar-refractivity contribution in [2.45, 2.75) is 24.9 Å². The standard InChI is InChI=1S/C20H21Cl2N3O3S/c1-3-25(29(26,27)18-8-6-17(28-2)7-9-18)14-20-23-10-11-24(20)13-15-4-5-16(21)12-19(15)22/h4-12H,3,13-14H2,1-2H3. The van der Waals surface area contributed by atoms with E-state index in [1.807, 2.05) is 10.6 Å². The van der Waals surface area contributed by atoms with Crippen molar-refractivity contribution in [3.05, 3.63) is 76.3 Å². The Morgan fingerprint density at radius 1 is 1.14 bits per heavy atom. The number of hydrogen-bond acceptors (Lipinski definition) is 4. The minimum absolute atomic E-state index is 0.142. The summed E-state index contributed by atoms with van der Waals surface area (Å²) in [5.74, 6) is 1.22. The summed E-state index contributed by atoms with van der Waals surface area (Å²) in [4.78, 5) is 4.56. The van der Waals surface area contributed by atoms with Gasteiger partial charge in [-0.15, -0.1) is 0 Å². The zero-order valence-corrected chi connectivity index (χ0v) is 18.4. The van der Waals surface area contributed by atoms with Crippen LogP contribution in [0.2, 0.25) is 10.0 Å². The quantitative estimate of drug-likeness (QED) is 0.504. The highest BCUT2D eigenvalue weighted by molar-refractivity contribution is 7.89. The Hall–Kier alpha value is -2.06. The fraction of sp³-hybridized carbons (Fsp3) is 0.250. The summed E-state index contributed by atoms with van der Waals surface area (Å²) >= 11 is 12.2. The average Bonchev–Trinajstić information content (AvgIpc) is 3.14. The SMILES string of the molecule is CCN(Cc1nccn1Cc1ccc(Cl)cc1Cl)S(=O)(=O)c1ccc(OC)cc1. The van der Waals surface area contributed by atoms with Gasteiger partial charge >= 0.3 is 0 Å². The average molecular weight is 454 g/mol. The number of nitrogens with zero attached hydrogens (tertiary/aromatic N) is 3. The van der Waals surface area contributed by atoms with E-state index < -0.39 is 10.0 Å². The van der Waals surface area contributed by atoms with E-state index in [4.69, 9.17) is 27.9 Å². The van der Waals surface area contributed by atoms with E-state index in [1.165, 1.54) is 23.5 Å². The molecular weight excluding hydrogens is 433 g/mol. The minimum Gasteiger partial charge on any atom is -0.497 e. The molecule has 9 heteroatoms. The molecule has 1 heterocycles. The predicted molar refractivity (Wildman–Crippen MR) is 114 cm³/mol. The van der Waals surface area contributed by atoms with Crippen molar-refractivity contribution in [2.75, 3.05) is 13.7 Å². The molecule has 0 fully saturated rings. The van der Waals surface area contributed by atoms with Crippen LogP contribution in [0.15, 0.2) is 59.8 Å². The number of methoxy groups -OCH3 is 1. The van der Waals surface area contributed by atoms with Gasteiger partial charge < -0.3 is 9.30 Å². The summed E-state index contributed by atoms with van der Waals surface area (Å²) in [5, 5.41) is 1.11. The van der Waals surface area contributed by atoms with Crippen molar-refractivity contribution < 1.29 is 13.2 Å². The van der Waals surface area contributed by atoms with Crippen molar-refractivity contribution in [3.63, 3.8) is 0 Å². The van der Waals surface area contributed by atoms with Gasteiger partial charge in [0, 0.05) is 29.0 Å². The minimum atomic E-state index is -3.67. The molecule has 1 aromatic heterocycles. The van der Waals surface area contributed by atoms with Crippen molar-refractivity contribution in [2.24, 2.45) is 0 Å². The number of benzene rings is 2. The molecule has 0 aliphatic heterocycles. The van der Waals surface area contributed by atoms with E-state index in [0.717, 1.165) is 5.56 Å². The molecule has 0 saturated carbocycles. The molecule has 0 atom stereocenters. The summed E-state index contributed by atoms with van der Waals surface area (Å²) in [6, 6.07) is 11.6. The molecule has 0 aliphatic carbocycles. The molecule has 154 valence electrons. The third-order valence-corrected chi connectivity index (χ3v) is 7.05. The van der Waals surface area contributed by atoms with E-state index in [0.29, 0.717) is 34.7 Å². The Balaban J connectivity index is 1.83. The van der Waals surface area contributed by atoms with Crippen LogP contribution in [0, 0.1) is 0 Å². The van der Waals surface area contributed by atoms with Crippen LogP contribution in [0.5, 0.6) is 5.75 Å². The molecule has 0 unspecified atom stereocenters. The van der Waals surface area contributed by atoms with E-state index in [-0.39, 0.29) is 11.4 Å². The Labute approximate surface area is 180 Å². The van der Waals surface area contributed by atoms with Gasteiger partial charge in [-0.05, 0) is 42.0 Å². The molecule has 0 saturated heterocycles. The number of hydrogen-bond donors (Lipinski definition) is 0. The highest BCUT2D eigenvalue weighted by Gasteiger charge is 2.25. The predicted octanol–water partition coefficient (Wildman–Crippen LogP) is 4.46. The van der Waals surface area contributed by atoms with Gasteiger partial charge in [-0.2, -0.15) is 4.31 Å². The highest BCUT2D eigenvalue weighted by atomic mass is 35.5. The van der Waals surface area contributed by atoms with Crippen LogP contribution in [0.1, 0.15) is 18.3 Å². The van der Waals surface area contributed by atoms with Crippen molar-refractivity contribution in [1.82, 2.24) is 13.9 Å².